The second kappa shape index (κ2) is 6.98. The SMILES string of the molecule is O=S(=O)(NCc1nc(C2CC2)no1)c1ccc(CCCCl)cc1. The van der Waals surface area contributed by atoms with Crippen LogP contribution in [0.4, 0.5) is 0 Å². The van der Waals surface area contributed by atoms with Crippen LogP contribution in [-0.2, 0) is 23.0 Å². The maximum atomic E-state index is 12.3. The highest BCUT2D eigenvalue weighted by molar-refractivity contribution is 7.89. The summed E-state index contributed by atoms with van der Waals surface area (Å²) >= 11 is 5.65. The Bertz CT molecular complexity index is 755. The molecule has 0 bridgehead atoms. The van der Waals surface area contributed by atoms with Crippen molar-refractivity contribution in [1.82, 2.24) is 14.9 Å². The summed E-state index contributed by atoms with van der Waals surface area (Å²) < 4.78 is 32.1. The molecule has 1 saturated carbocycles. The fourth-order valence-corrected chi connectivity index (χ4v) is 3.30. The van der Waals surface area contributed by atoms with Gasteiger partial charge in [0.05, 0.1) is 11.4 Å². The molecule has 0 unspecified atom stereocenters. The number of halogens is 1. The summed E-state index contributed by atoms with van der Waals surface area (Å²) in [6.45, 7) is -0.00392. The summed E-state index contributed by atoms with van der Waals surface area (Å²) in [4.78, 5) is 4.42. The molecule has 0 atom stereocenters. The van der Waals surface area contributed by atoms with Gasteiger partial charge in [-0.3, -0.25) is 0 Å². The Morgan fingerprint density at radius 1 is 1.26 bits per heavy atom. The van der Waals surface area contributed by atoms with Gasteiger partial charge in [-0.25, -0.2) is 13.1 Å². The minimum atomic E-state index is -3.59. The smallest absolute Gasteiger partial charge is 0.241 e. The van der Waals surface area contributed by atoms with Crippen LogP contribution in [0.5, 0.6) is 0 Å². The average molecular weight is 356 g/mol. The highest BCUT2D eigenvalue weighted by atomic mass is 35.5. The third kappa shape index (κ3) is 4.31. The van der Waals surface area contributed by atoms with E-state index < -0.39 is 10.0 Å². The van der Waals surface area contributed by atoms with E-state index in [1.165, 1.54) is 0 Å². The van der Waals surface area contributed by atoms with E-state index in [0.29, 0.717) is 17.6 Å². The normalized spacial score (nSPS) is 15.0. The maximum Gasteiger partial charge on any atom is 0.241 e. The first-order chi connectivity index (χ1) is 11.1. The van der Waals surface area contributed by atoms with Crippen molar-refractivity contribution >= 4 is 21.6 Å². The number of rotatable bonds is 8. The zero-order valence-electron chi connectivity index (χ0n) is 12.5. The molecule has 1 heterocycles. The van der Waals surface area contributed by atoms with Gasteiger partial charge in [0.1, 0.15) is 0 Å². The van der Waals surface area contributed by atoms with Gasteiger partial charge >= 0.3 is 0 Å². The first-order valence-corrected chi connectivity index (χ1v) is 9.57. The van der Waals surface area contributed by atoms with Crippen molar-refractivity contribution in [1.29, 1.82) is 0 Å². The standard InChI is InChI=1S/C15H18ClN3O3S/c16-9-1-2-11-3-7-13(8-4-11)23(20,21)17-10-14-18-15(19-22-14)12-5-6-12/h3-4,7-8,12,17H,1-2,5-6,9-10H2. The van der Waals surface area contributed by atoms with Gasteiger partial charge in [0.25, 0.3) is 0 Å². The third-order valence-corrected chi connectivity index (χ3v) is 5.36. The van der Waals surface area contributed by atoms with Gasteiger partial charge in [-0.05, 0) is 43.4 Å². The molecule has 1 aliphatic rings. The number of sulfonamides is 1. The molecule has 1 fully saturated rings. The van der Waals surface area contributed by atoms with Crippen molar-refractivity contribution in [2.75, 3.05) is 5.88 Å². The lowest BCUT2D eigenvalue weighted by Crippen LogP contribution is -2.23. The number of benzene rings is 1. The summed E-state index contributed by atoms with van der Waals surface area (Å²) in [5, 5.41) is 3.86. The van der Waals surface area contributed by atoms with E-state index in [2.05, 4.69) is 14.9 Å². The molecule has 124 valence electrons. The van der Waals surface area contributed by atoms with E-state index in [0.717, 1.165) is 31.2 Å². The quantitative estimate of drug-likeness (QED) is 0.735. The van der Waals surface area contributed by atoms with E-state index >= 15 is 0 Å². The Hall–Kier alpha value is -1.44. The second-order valence-corrected chi connectivity index (χ2v) is 7.73. The van der Waals surface area contributed by atoms with Crippen LogP contribution in [0.15, 0.2) is 33.7 Å². The van der Waals surface area contributed by atoms with Crippen molar-refractivity contribution in [2.45, 2.75) is 43.0 Å². The molecule has 6 nitrogen and oxygen atoms in total. The van der Waals surface area contributed by atoms with Crippen molar-refractivity contribution < 1.29 is 12.9 Å². The van der Waals surface area contributed by atoms with Crippen LogP contribution in [0, 0.1) is 0 Å². The van der Waals surface area contributed by atoms with Crippen LogP contribution >= 0.6 is 11.6 Å². The van der Waals surface area contributed by atoms with Crippen LogP contribution in [0.2, 0.25) is 0 Å². The summed E-state index contributed by atoms with van der Waals surface area (Å²) in [5.74, 6) is 1.93. The molecule has 8 heteroatoms. The lowest BCUT2D eigenvalue weighted by Gasteiger charge is -2.06. The lowest BCUT2D eigenvalue weighted by atomic mass is 10.1. The summed E-state index contributed by atoms with van der Waals surface area (Å²) in [6, 6.07) is 6.79. The molecule has 1 N–H and O–H groups in total. The molecule has 0 aliphatic heterocycles. The molecule has 0 saturated heterocycles. The zero-order valence-corrected chi connectivity index (χ0v) is 14.1. The molecule has 23 heavy (non-hydrogen) atoms. The number of hydrogen-bond donors (Lipinski definition) is 1. The summed E-state index contributed by atoms with van der Waals surface area (Å²) in [6.07, 6.45) is 3.84. The van der Waals surface area contributed by atoms with Gasteiger partial charge in [0, 0.05) is 11.8 Å². The average Bonchev–Trinajstić information content (AvgIpc) is 3.30. The fourth-order valence-electron chi connectivity index (χ4n) is 2.19. The fraction of sp³-hybridized carbons (Fsp3) is 0.467. The zero-order chi connectivity index (χ0) is 16.3. The predicted molar refractivity (Wildman–Crippen MR) is 85.8 cm³/mol. The first kappa shape index (κ1) is 16.4. The topological polar surface area (TPSA) is 85.1 Å². The van der Waals surface area contributed by atoms with Gasteiger partial charge in [-0.1, -0.05) is 17.3 Å². The molecular formula is C15H18ClN3O3S. The Balaban J connectivity index is 1.61. The highest BCUT2D eigenvalue weighted by Gasteiger charge is 2.28. The molecule has 1 aliphatic carbocycles. The van der Waals surface area contributed by atoms with Gasteiger partial charge in [0.15, 0.2) is 5.82 Å². The summed E-state index contributed by atoms with van der Waals surface area (Å²) in [5.41, 5.74) is 1.07. The van der Waals surface area contributed by atoms with Gasteiger partial charge < -0.3 is 4.52 Å². The molecule has 0 amide bonds. The molecule has 0 radical (unpaired) electrons. The Morgan fingerprint density at radius 2 is 2.00 bits per heavy atom. The Morgan fingerprint density at radius 3 is 2.65 bits per heavy atom. The van der Waals surface area contributed by atoms with Gasteiger partial charge in [-0.15, -0.1) is 11.6 Å². The van der Waals surface area contributed by atoms with Crippen LogP contribution in [-0.4, -0.2) is 24.4 Å². The van der Waals surface area contributed by atoms with E-state index in [-0.39, 0.29) is 17.3 Å². The monoisotopic (exact) mass is 355 g/mol. The minimum absolute atomic E-state index is 0.00392. The first-order valence-electron chi connectivity index (χ1n) is 7.55. The molecule has 2 aromatic rings. The number of aromatic nitrogens is 2. The van der Waals surface area contributed by atoms with Crippen molar-refractivity contribution in [2.24, 2.45) is 0 Å². The van der Waals surface area contributed by atoms with E-state index in [1.54, 1.807) is 24.3 Å². The molecule has 1 aromatic carbocycles. The van der Waals surface area contributed by atoms with Gasteiger partial charge in [0.2, 0.25) is 15.9 Å². The van der Waals surface area contributed by atoms with Crippen LogP contribution < -0.4 is 4.72 Å². The van der Waals surface area contributed by atoms with E-state index in [9.17, 15) is 8.42 Å². The maximum absolute atomic E-state index is 12.3. The van der Waals surface area contributed by atoms with E-state index in [4.69, 9.17) is 16.1 Å². The summed E-state index contributed by atoms with van der Waals surface area (Å²) in [7, 11) is -3.59. The third-order valence-electron chi connectivity index (χ3n) is 3.67. The largest absolute Gasteiger partial charge is 0.338 e. The van der Waals surface area contributed by atoms with Crippen molar-refractivity contribution in [3.63, 3.8) is 0 Å². The predicted octanol–water partition coefficient (Wildman–Crippen LogP) is 2.60. The molecule has 1 aromatic heterocycles. The van der Waals surface area contributed by atoms with Crippen LogP contribution in [0.3, 0.4) is 0 Å². The van der Waals surface area contributed by atoms with Gasteiger partial charge in [-0.2, -0.15) is 4.98 Å². The number of alkyl halides is 1. The van der Waals surface area contributed by atoms with Crippen molar-refractivity contribution in [3.8, 4) is 0 Å². The van der Waals surface area contributed by atoms with Crippen molar-refractivity contribution in [3.05, 3.63) is 41.5 Å². The molecular weight excluding hydrogens is 338 g/mol. The highest BCUT2D eigenvalue weighted by Crippen LogP contribution is 2.38. The number of hydrogen-bond acceptors (Lipinski definition) is 5. The molecule has 3 rings (SSSR count). The minimum Gasteiger partial charge on any atom is -0.338 e. The Labute approximate surface area is 140 Å². The lowest BCUT2D eigenvalue weighted by molar-refractivity contribution is 0.370. The Kier molecular flexibility index (Phi) is 4.99. The number of nitrogens with one attached hydrogen (secondary N) is 1. The number of aryl methyl sites for hydroxylation is 1. The van der Waals surface area contributed by atoms with E-state index in [1.807, 2.05) is 0 Å². The molecule has 0 spiro atoms. The van der Waals surface area contributed by atoms with Crippen LogP contribution in [0.25, 0.3) is 0 Å². The number of nitrogens with zero attached hydrogens (tertiary/aromatic N) is 2. The van der Waals surface area contributed by atoms with Crippen LogP contribution in [0.1, 0.15) is 42.5 Å². The second-order valence-electron chi connectivity index (χ2n) is 5.58.